The second-order valence-electron chi connectivity index (χ2n) is 7.05. The Morgan fingerprint density at radius 2 is 2.14 bits per heavy atom. The number of carbonyl (C=O) groups excluding carboxylic acids is 1. The first-order valence-corrected chi connectivity index (χ1v) is 9.67. The summed E-state index contributed by atoms with van der Waals surface area (Å²) in [5, 5.41) is 8.89. The van der Waals surface area contributed by atoms with E-state index >= 15 is 0 Å². The molecule has 9 nitrogen and oxygen atoms in total. The first kappa shape index (κ1) is 19.1. The van der Waals surface area contributed by atoms with E-state index < -0.39 is 0 Å². The summed E-state index contributed by atoms with van der Waals surface area (Å²) in [6.45, 7) is 6.16. The minimum Gasteiger partial charge on any atom is -0.385 e. The van der Waals surface area contributed by atoms with Crippen LogP contribution in [0.5, 0.6) is 0 Å². The second-order valence-corrected chi connectivity index (χ2v) is 7.05. The number of anilines is 2. The van der Waals surface area contributed by atoms with Gasteiger partial charge in [0.05, 0.1) is 17.5 Å². The summed E-state index contributed by atoms with van der Waals surface area (Å²) < 4.78 is 10.9. The summed E-state index contributed by atoms with van der Waals surface area (Å²) in [6.07, 6.45) is 3.52. The van der Waals surface area contributed by atoms with Gasteiger partial charge < -0.3 is 19.2 Å². The summed E-state index contributed by atoms with van der Waals surface area (Å²) in [6, 6.07) is 3.87. The maximum atomic E-state index is 11.5. The molecule has 0 bridgehead atoms. The SMILES string of the molecule is CCn1c(C=O)cc2c3c(ncn3C)c(Nc3cc(C)n(CCCOC)n3)nc21. The summed E-state index contributed by atoms with van der Waals surface area (Å²) >= 11 is 0. The number of ether oxygens (including phenoxy) is 1. The number of fused-ring (bicyclic) bond motifs is 3. The lowest BCUT2D eigenvalue weighted by molar-refractivity contribution is 0.111. The number of aldehydes is 1. The zero-order valence-corrected chi connectivity index (χ0v) is 17.1. The Labute approximate surface area is 168 Å². The zero-order chi connectivity index (χ0) is 20.5. The third-order valence-electron chi connectivity index (χ3n) is 5.12. The predicted octanol–water partition coefficient (Wildman–Crippen LogP) is 3.04. The van der Waals surface area contributed by atoms with Crippen molar-refractivity contribution >= 4 is 40.0 Å². The summed E-state index contributed by atoms with van der Waals surface area (Å²) in [5.74, 6) is 1.34. The maximum absolute atomic E-state index is 11.5. The Balaban J connectivity index is 1.79. The van der Waals surface area contributed by atoms with Crippen molar-refractivity contribution in [2.45, 2.75) is 33.4 Å². The van der Waals surface area contributed by atoms with E-state index in [-0.39, 0.29) is 0 Å². The Bertz CT molecular complexity index is 1190. The first-order chi connectivity index (χ1) is 14.1. The van der Waals surface area contributed by atoms with E-state index in [4.69, 9.17) is 9.72 Å². The fourth-order valence-corrected chi connectivity index (χ4v) is 3.73. The van der Waals surface area contributed by atoms with Crippen LogP contribution in [0.2, 0.25) is 0 Å². The van der Waals surface area contributed by atoms with E-state index in [1.807, 2.05) is 46.8 Å². The van der Waals surface area contributed by atoms with E-state index in [1.54, 1.807) is 13.4 Å². The maximum Gasteiger partial charge on any atom is 0.166 e. The number of pyridine rings is 1. The van der Waals surface area contributed by atoms with Gasteiger partial charge in [0, 0.05) is 51.0 Å². The van der Waals surface area contributed by atoms with E-state index in [9.17, 15) is 4.79 Å². The lowest BCUT2D eigenvalue weighted by atomic mass is 10.2. The van der Waals surface area contributed by atoms with Crippen molar-refractivity contribution in [3.8, 4) is 0 Å². The van der Waals surface area contributed by atoms with Gasteiger partial charge in [-0.05, 0) is 26.3 Å². The molecule has 4 rings (SSSR count). The molecule has 4 aromatic heterocycles. The fourth-order valence-electron chi connectivity index (χ4n) is 3.73. The minimum absolute atomic E-state index is 0.605. The molecule has 0 aliphatic rings. The molecule has 0 spiro atoms. The number of hydrogen-bond donors (Lipinski definition) is 1. The highest BCUT2D eigenvalue weighted by Gasteiger charge is 2.19. The van der Waals surface area contributed by atoms with Gasteiger partial charge in [0.1, 0.15) is 11.2 Å². The van der Waals surface area contributed by atoms with E-state index in [0.717, 1.165) is 47.0 Å². The van der Waals surface area contributed by atoms with E-state index in [1.165, 1.54) is 0 Å². The van der Waals surface area contributed by atoms with Crippen LogP contribution < -0.4 is 5.32 Å². The molecule has 0 aromatic carbocycles. The molecule has 0 amide bonds. The molecule has 29 heavy (non-hydrogen) atoms. The Hall–Kier alpha value is -3.20. The van der Waals surface area contributed by atoms with Crippen molar-refractivity contribution in [2.75, 3.05) is 19.0 Å². The van der Waals surface area contributed by atoms with Crippen LogP contribution in [0.15, 0.2) is 18.5 Å². The quantitative estimate of drug-likeness (QED) is 0.364. The van der Waals surface area contributed by atoms with Crippen LogP contribution in [0.1, 0.15) is 29.5 Å². The minimum atomic E-state index is 0.605. The average Bonchev–Trinajstić information content (AvgIpc) is 3.37. The van der Waals surface area contributed by atoms with Crippen molar-refractivity contribution in [1.29, 1.82) is 0 Å². The van der Waals surface area contributed by atoms with Crippen LogP contribution in [0, 0.1) is 6.92 Å². The highest BCUT2D eigenvalue weighted by molar-refractivity contribution is 6.08. The Morgan fingerprint density at radius 1 is 1.31 bits per heavy atom. The number of nitrogens with zero attached hydrogens (tertiary/aromatic N) is 6. The molecule has 0 aliphatic carbocycles. The highest BCUT2D eigenvalue weighted by Crippen LogP contribution is 2.31. The monoisotopic (exact) mass is 395 g/mol. The van der Waals surface area contributed by atoms with Crippen molar-refractivity contribution in [3.05, 3.63) is 29.8 Å². The molecule has 0 fully saturated rings. The second kappa shape index (κ2) is 7.67. The smallest absolute Gasteiger partial charge is 0.166 e. The molecule has 9 heteroatoms. The van der Waals surface area contributed by atoms with Gasteiger partial charge in [-0.1, -0.05) is 0 Å². The normalized spacial score (nSPS) is 11.6. The van der Waals surface area contributed by atoms with Crippen LogP contribution in [0.4, 0.5) is 11.6 Å². The van der Waals surface area contributed by atoms with Gasteiger partial charge in [-0.2, -0.15) is 5.10 Å². The molecule has 4 heterocycles. The Morgan fingerprint density at radius 3 is 2.86 bits per heavy atom. The topological polar surface area (TPSA) is 91.8 Å². The standard InChI is InChI=1S/C20H25N7O2/c1-5-26-14(11-28)10-15-18-17(21-12-25(18)3)19(23-20(15)26)22-16-9-13(2)27(24-16)7-6-8-29-4/h9-12H,5-8H2,1-4H3,(H,22,23,24). The van der Waals surface area contributed by atoms with Crippen LogP contribution in [-0.4, -0.2) is 48.9 Å². The fraction of sp³-hybridized carbons (Fsp3) is 0.400. The van der Waals surface area contributed by atoms with Gasteiger partial charge in [-0.15, -0.1) is 0 Å². The number of hydrogen-bond acceptors (Lipinski definition) is 6. The van der Waals surface area contributed by atoms with Crippen molar-refractivity contribution in [2.24, 2.45) is 7.05 Å². The summed E-state index contributed by atoms with van der Waals surface area (Å²) in [4.78, 5) is 20.9. The predicted molar refractivity (Wildman–Crippen MR) is 112 cm³/mol. The molecular weight excluding hydrogens is 370 g/mol. The molecule has 0 saturated carbocycles. The number of imidazole rings is 1. The Kier molecular flexibility index (Phi) is 5.06. The largest absolute Gasteiger partial charge is 0.385 e. The average molecular weight is 395 g/mol. The van der Waals surface area contributed by atoms with Crippen LogP contribution in [-0.2, 0) is 24.9 Å². The number of carbonyl (C=O) groups is 1. The third kappa shape index (κ3) is 3.27. The number of methoxy groups -OCH3 is 1. The number of aryl methyl sites for hydroxylation is 4. The van der Waals surface area contributed by atoms with Crippen molar-refractivity contribution < 1.29 is 9.53 Å². The highest BCUT2D eigenvalue weighted by atomic mass is 16.5. The third-order valence-corrected chi connectivity index (χ3v) is 5.12. The van der Waals surface area contributed by atoms with Crippen molar-refractivity contribution in [1.82, 2.24) is 28.9 Å². The van der Waals surface area contributed by atoms with Crippen LogP contribution in [0.25, 0.3) is 22.1 Å². The van der Waals surface area contributed by atoms with Gasteiger partial charge in [0.25, 0.3) is 0 Å². The zero-order valence-electron chi connectivity index (χ0n) is 17.1. The van der Waals surface area contributed by atoms with Gasteiger partial charge >= 0.3 is 0 Å². The van der Waals surface area contributed by atoms with E-state index in [2.05, 4.69) is 15.4 Å². The molecule has 0 atom stereocenters. The number of rotatable bonds is 8. The van der Waals surface area contributed by atoms with Gasteiger partial charge in [-0.25, -0.2) is 9.97 Å². The van der Waals surface area contributed by atoms with E-state index in [0.29, 0.717) is 30.5 Å². The molecule has 1 N–H and O–H groups in total. The van der Waals surface area contributed by atoms with Crippen molar-refractivity contribution in [3.63, 3.8) is 0 Å². The molecular formula is C20H25N7O2. The first-order valence-electron chi connectivity index (χ1n) is 9.67. The van der Waals surface area contributed by atoms with Gasteiger partial charge in [0.2, 0.25) is 0 Å². The van der Waals surface area contributed by atoms with Crippen LogP contribution >= 0.6 is 0 Å². The summed E-state index contributed by atoms with van der Waals surface area (Å²) in [5.41, 5.74) is 4.10. The number of nitrogens with one attached hydrogen (secondary N) is 1. The summed E-state index contributed by atoms with van der Waals surface area (Å²) in [7, 11) is 3.64. The lowest BCUT2D eigenvalue weighted by Gasteiger charge is -2.08. The lowest BCUT2D eigenvalue weighted by Crippen LogP contribution is -2.06. The molecule has 152 valence electrons. The van der Waals surface area contributed by atoms with Crippen LogP contribution in [0.3, 0.4) is 0 Å². The molecule has 4 aromatic rings. The number of aromatic nitrogens is 6. The molecule has 0 unspecified atom stereocenters. The molecule has 0 saturated heterocycles. The van der Waals surface area contributed by atoms with Gasteiger partial charge in [-0.3, -0.25) is 9.48 Å². The molecule has 0 radical (unpaired) electrons. The van der Waals surface area contributed by atoms with Gasteiger partial charge in [0.15, 0.2) is 17.9 Å². The molecule has 0 aliphatic heterocycles.